The van der Waals surface area contributed by atoms with Crippen molar-refractivity contribution >= 4 is 17.4 Å². The summed E-state index contributed by atoms with van der Waals surface area (Å²) in [5.41, 5.74) is 5.42. The molecule has 0 saturated carbocycles. The molecule has 0 atom stereocenters. The highest BCUT2D eigenvalue weighted by atomic mass is 35.5. The van der Waals surface area contributed by atoms with Gasteiger partial charge in [0.05, 0.1) is 0 Å². The van der Waals surface area contributed by atoms with E-state index in [1.807, 2.05) is 0 Å². The molecule has 4 nitrogen and oxygen atoms in total. The fourth-order valence-corrected chi connectivity index (χ4v) is 1.34. The number of halogens is 3. The van der Waals surface area contributed by atoms with Crippen LogP contribution in [0.5, 0.6) is 5.75 Å². The molecular weight excluding hydrogens is 252 g/mol. The summed E-state index contributed by atoms with van der Waals surface area (Å²) >= 11 is 5.68. The molecule has 0 bridgehead atoms. The average molecular weight is 260 g/mol. The minimum atomic E-state index is -0.972. The van der Waals surface area contributed by atoms with Crippen molar-refractivity contribution in [2.75, 3.05) is 5.73 Å². The number of rotatable bonds is 3. The second-order valence-electron chi connectivity index (χ2n) is 3.25. The van der Waals surface area contributed by atoms with Gasteiger partial charge in [-0.2, -0.15) is 5.10 Å². The number of nitrogens with two attached hydrogens (primary N) is 1. The fourth-order valence-electron chi connectivity index (χ4n) is 1.19. The van der Waals surface area contributed by atoms with Crippen molar-refractivity contribution < 1.29 is 13.5 Å². The third-order valence-electron chi connectivity index (χ3n) is 2.00. The van der Waals surface area contributed by atoms with Crippen molar-refractivity contribution in [3.05, 3.63) is 41.1 Å². The van der Waals surface area contributed by atoms with Crippen LogP contribution < -0.4 is 10.5 Å². The molecule has 1 aromatic carbocycles. The van der Waals surface area contributed by atoms with Crippen LogP contribution in [0.3, 0.4) is 0 Å². The van der Waals surface area contributed by atoms with Crippen LogP contribution in [0.4, 0.5) is 14.6 Å². The lowest BCUT2D eigenvalue weighted by Gasteiger charge is -2.05. The van der Waals surface area contributed by atoms with Gasteiger partial charge in [-0.25, -0.2) is 13.5 Å². The van der Waals surface area contributed by atoms with Crippen molar-refractivity contribution in [3.8, 4) is 5.75 Å². The summed E-state index contributed by atoms with van der Waals surface area (Å²) in [6.07, 6.45) is 1.47. The summed E-state index contributed by atoms with van der Waals surface area (Å²) in [7, 11) is 0. The Hall–Kier alpha value is -1.82. The quantitative estimate of drug-likeness (QED) is 0.921. The van der Waals surface area contributed by atoms with Gasteiger partial charge in [-0.1, -0.05) is 11.6 Å². The van der Waals surface area contributed by atoms with Crippen LogP contribution in [0, 0.1) is 11.6 Å². The van der Waals surface area contributed by atoms with Gasteiger partial charge in [-0.05, 0) is 12.1 Å². The minimum Gasteiger partial charge on any atom is -0.471 e. The molecule has 0 radical (unpaired) electrons. The van der Waals surface area contributed by atoms with Gasteiger partial charge in [-0.15, -0.1) is 0 Å². The van der Waals surface area contributed by atoms with Crippen molar-refractivity contribution in [3.63, 3.8) is 0 Å². The molecule has 90 valence electrons. The summed E-state index contributed by atoms with van der Waals surface area (Å²) in [5, 5.41) is 4.14. The number of anilines is 1. The first kappa shape index (κ1) is 11.7. The van der Waals surface area contributed by atoms with Crippen LogP contribution in [0.2, 0.25) is 5.02 Å². The van der Waals surface area contributed by atoms with E-state index in [1.54, 1.807) is 0 Å². The highest BCUT2D eigenvalue weighted by Crippen LogP contribution is 2.18. The maximum absolute atomic E-state index is 12.9. The second kappa shape index (κ2) is 4.58. The molecule has 0 spiro atoms. The molecule has 17 heavy (non-hydrogen) atoms. The van der Waals surface area contributed by atoms with Crippen LogP contribution in [-0.2, 0) is 6.73 Å². The van der Waals surface area contributed by atoms with Gasteiger partial charge in [-0.3, -0.25) is 0 Å². The molecule has 0 aliphatic heterocycles. The van der Waals surface area contributed by atoms with Gasteiger partial charge in [0, 0.05) is 12.3 Å². The third kappa shape index (κ3) is 2.65. The lowest BCUT2D eigenvalue weighted by molar-refractivity contribution is 0.220. The molecule has 0 unspecified atom stereocenters. The topological polar surface area (TPSA) is 53.1 Å². The zero-order valence-corrected chi connectivity index (χ0v) is 9.29. The molecule has 0 aliphatic rings. The Balaban J connectivity index is 2.04. The normalized spacial score (nSPS) is 10.5. The molecule has 1 heterocycles. The first-order chi connectivity index (χ1) is 8.06. The highest BCUT2D eigenvalue weighted by Gasteiger charge is 2.05. The Morgan fingerprint density at radius 1 is 1.35 bits per heavy atom. The summed E-state index contributed by atoms with van der Waals surface area (Å²) in [5.74, 6) is -1.53. The van der Waals surface area contributed by atoms with E-state index in [9.17, 15) is 8.78 Å². The standard InChI is InChI=1S/C10H8ClF2N3O/c11-7-4-16(15-10(7)14)5-17-6-1-2-8(12)9(13)3-6/h1-4H,5H2,(H2,14,15). The van der Waals surface area contributed by atoms with Gasteiger partial charge in [0.2, 0.25) is 0 Å². The maximum atomic E-state index is 12.9. The lowest BCUT2D eigenvalue weighted by Crippen LogP contribution is -2.06. The van der Waals surface area contributed by atoms with E-state index in [0.717, 1.165) is 12.1 Å². The first-order valence-electron chi connectivity index (χ1n) is 4.62. The van der Waals surface area contributed by atoms with Crippen molar-refractivity contribution in [2.24, 2.45) is 0 Å². The minimum absolute atomic E-state index is 0.00198. The van der Waals surface area contributed by atoms with Crippen molar-refractivity contribution in [1.82, 2.24) is 9.78 Å². The van der Waals surface area contributed by atoms with E-state index < -0.39 is 11.6 Å². The Bertz CT molecular complexity index is 525. The number of ether oxygens (including phenoxy) is 1. The Morgan fingerprint density at radius 3 is 2.71 bits per heavy atom. The number of benzene rings is 1. The predicted octanol–water partition coefficient (Wildman–Crippen LogP) is 2.43. The third-order valence-corrected chi connectivity index (χ3v) is 2.29. The average Bonchev–Trinajstić information content (AvgIpc) is 2.60. The first-order valence-corrected chi connectivity index (χ1v) is 5.00. The SMILES string of the molecule is Nc1nn(COc2ccc(F)c(F)c2)cc1Cl. The van der Waals surface area contributed by atoms with Gasteiger partial charge in [0.15, 0.2) is 24.2 Å². The van der Waals surface area contributed by atoms with Crippen molar-refractivity contribution in [2.45, 2.75) is 6.73 Å². The molecule has 2 rings (SSSR count). The molecule has 7 heteroatoms. The predicted molar refractivity (Wildman–Crippen MR) is 58.6 cm³/mol. The Morgan fingerprint density at radius 2 is 2.12 bits per heavy atom. The number of aromatic nitrogens is 2. The molecule has 0 amide bonds. The Kier molecular flexibility index (Phi) is 3.14. The molecule has 0 fully saturated rings. The van der Waals surface area contributed by atoms with Gasteiger partial charge >= 0.3 is 0 Å². The fraction of sp³-hybridized carbons (Fsp3) is 0.100. The lowest BCUT2D eigenvalue weighted by atomic mass is 10.3. The van der Waals surface area contributed by atoms with Crippen LogP contribution in [0.15, 0.2) is 24.4 Å². The van der Waals surface area contributed by atoms with E-state index >= 15 is 0 Å². The monoisotopic (exact) mass is 259 g/mol. The van der Waals surface area contributed by atoms with E-state index in [-0.39, 0.29) is 18.3 Å². The van der Waals surface area contributed by atoms with Gasteiger partial charge < -0.3 is 10.5 Å². The van der Waals surface area contributed by atoms with Crippen LogP contribution in [0.1, 0.15) is 0 Å². The number of hydrogen-bond acceptors (Lipinski definition) is 3. The van der Waals surface area contributed by atoms with E-state index in [0.29, 0.717) is 5.02 Å². The van der Waals surface area contributed by atoms with E-state index in [4.69, 9.17) is 22.1 Å². The molecule has 1 aromatic heterocycles. The number of nitrogen functional groups attached to an aromatic ring is 1. The van der Waals surface area contributed by atoms with Gasteiger partial charge in [0.1, 0.15) is 10.8 Å². The largest absolute Gasteiger partial charge is 0.471 e. The molecule has 2 aromatic rings. The van der Waals surface area contributed by atoms with Crippen molar-refractivity contribution in [1.29, 1.82) is 0 Å². The molecule has 0 saturated heterocycles. The second-order valence-corrected chi connectivity index (χ2v) is 3.66. The molecule has 2 N–H and O–H groups in total. The van der Waals surface area contributed by atoms with Crippen LogP contribution in [0.25, 0.3) is 0 Å². The van der Waals surface area contributed by atoms with E-state index in [2.05, 4.69) is 5.10 Å². The highest BCUT2D eigenvalue weighted by molar-refractivity contribution is 6.32. The smallest absolute Gasteiger partial charge is 0.181 e. The zero-order valence-electron chi connectivity index (χ0n) is 8.53. The Labute approximate surface area is 101 Å². The van der Waals surface area contributed by atoms with Gasteiger partial charge in [0.25, 0.3) is 0 Å². The van der Waals surface area contributed by atoms with E-state index in [1.165, 1.54) is 16.9 Å². The van der Waals surface area contributed by atoms with Crippen LogP contribution in [-0.4, -0.2) is 9.78 Å². The summed E-state index contributed by atoms with van der Waals surface area (Å²) in [6, 6.07) is 3.24. The molecular formula is C10H8ClF2N3O. The number of hydrogen-bond donors (Lipinski definition) is 1. The maximum Gasteiger partial charge on any atom is 0.181 e. The molecule has 0 aliphatic carbocycles. The zero-order chi connectivity index (χ0) is 12.4. The van der Waals surface area contributed by atoms with Crippen LogP contribution >= 0.6 is 11.6 Å². The summed E-state index contributed by atoms with van der Waals surface area (Å²) in [4.78, 5) is 0. The number of nitrogens with zero attached hydrogens (tertiary/aromatic N) is 2. The summed E-state index contributed by atoms with van der Waals surface area (Å²) < 4.78 is 32.0. The summed E-state index contributed by atoms with van der Waals surface area (Å²) in [6.45, 7) is 0.00198.